The number of rotatable bonds is 2. The Morgan fingerprint density at radius 1 is 1.29 bits per heavy atom. The predicted octanol–water partition coefficient (Wildman–Crippen LogP) is 2.71. The lowest BCUT2D eigenvalue weighted by Crippen LogP contribution is -2.29. The molecule has 0 aliphatic rings. The van der Waals surface area contributed by atoms with Crippen molar-refractivity contribution >= 4 is 5.78 Å². The van der Waals surface area contributed by atoms with E-state index in [0.717, 1.165) is 11.3 Å². The first-order valence-corrected chi connectivity index (χ1v) is 5.96. The molecule has 0 spiro atoms. The van der Waals surface area contributed by atoms with Crippen LogP contribution in [0.15, 0.2) is 10.9 Å². The molecule has 3 nitrogen and oxygen atoms in total. The SMILES string of the molecule is CCn1c(C)c(C(=O)C(C)(C)C)c(C)cc1=O. The molecular formula is C14H21NO2. The van der Waals surface area contributed by atoms with E-state index in [4.69, 9.17) is 0 Å². The number of aryl methyl sites for hydroxylation is 1. The molecule has 0 atom stereocenters. The van der Waals surface area contributed by atoms with E-state index in [1.807, 2.05) is 41.5 Å². The maximum absolute atomic E-state index is 12.4. The van der Waals surface area contributed by atoms with Gasteiger partial charge in [0.1, 0.15) is 0 Å². The fourth-order valence-corrected chi connectivity index (χ4v) is 2.03. The third-order valence-corrected chi connectivity index (χ3v) is 2.99. The summed E-state index contributed by atoms with van der Waals surface area (Å²) in [6, 6.07) is 1.55. The minimum atomic E-state index is -0.425. The van der Waals surface area contributed by atoms with Crippen molar-refractivity contribution in [1.82, 2.24) is 4.57 Å². The number of hydrogen-bond donors (Lipinski definition) is 0. The quantitative estimate of drug-likeness (QED) is 0.739. The molecule has 3 heteroatoms. The van der Waals surface area contributed by atoms with Crippen LogP contribution in [0.2, 0.25) is 0 Å². The van der Waals surface area contributed by atoms with Crippen LogP contribution >= 0.6 is 0 Å². The molecule has 1 aromatic heterocycles. The highest BCUT2D eigenvalue weighted by molar-refractivity contribution is 6.01. The number of carbonyl (C=O) groups is 1. The molecule has 0 unspecified atom stereocenters. The number of nitrogens with zero attached hydrogens (tertiary/aromatic N) is 1. The summed E-state index contributed by atoms with van der Waals surface area (Å²) in [5.74, 6) is 0.0923. The Kier molecular flexibility index (Phi) is 3.60. The molecule has 0 bridgehead atoms. The summed E-state index contributed by atoms with van der Waals surface area (Å²) in [5, 5.41) is 0. The molecule has 94 valence electrons. The van der Waals surface area contributed by atoms with E-state index in [2.05, 4.69) is 0 Å². The van der Waals surface area contributed by atoms with Crippen molar-refractivity contribution in [1.29, 1.82) is 0 Å². The first kappa shape index (κ1) is 13.7. The molecule has 0 N–H and O–H groups in total. The number of Topliss-reactive ketones (excluding diaryl/α,β-unsaturated/α-hetero) is 1. The molecule has 0 saturated carbocycles. The summed E-state index contributed by atoms with van der Waals surface area (Å²) in [7, 11) is 0. The van der Waals surface area contributed by atoms with Gasteiger partial charge in [-0.3, -0.25) is 9.59 Å². The highest BCUT2D eigenvalue weighted by Crippen LogP contribution is 2.24. The van der Waals surface area contributed by atoms with Crippen LogP contribution in [0.5, 0.6) is 0 Å². The summed E-state index contributed by atoms with van der Waals surface area (Å²) in [6.07, 6.45) is 0. The van der Waals surface area contributed by atoms with Gasteiger partial charge in [-0.15, -0.1) is 0 Å². The van der Waals surface area contributed by atoms with Crippen LogP contribution in [0.3, 0.4) is 0 Å². The second-order valence-electron chi connectivity index (χ2n) is 5.45. The average molecular weight is 235 g/mol. The normalized spacial score (nSPS) is 11.6. The van der Waals surface area contributed by atoms with Gasteiger partial charge in [-0.25, -0.2) is 0 Å². The summed E-state index contributed by atoms with van der Waals surface area (Å²) >= 11 is 0. The van der Waals surface area contributed by atoms with E-state index in [-0.39, 0.29) is 11.3 Å². The Morgan fingerprint density at radius 3 is 2.24 bits per heavy atom. The van der Waals surface area contributed by atoms with E-state index in [0.29, 0.717) is 12.1 Å². The number of pyridine rings is 1. The fraction of sp³-hybridized carbons (Fsp3) is 0.571. The zero-order valence-electron chi connectivity index (χ0n) is 11.5. The van der Waals surface area contributed by atoms with Gasteiger partial charge < -0.3 is 4.57 Å². The van der Waals surface area contributed by atoms with Crippen molar-refractivity contribution in [3.05, 3.63) is 33.2 Å². The van der Waals surface area contributed by atoms with Gasteiger partial charge >= 0.3 is 0 Å². The molecule has 0 aliphatic carbocycles. The highest BCUT2D eigenvalue weighted by atomic mass is 16.1. The Hall–Kier alpha value is -1.38. The van der Waals surface area contributed by atoms with E-state index in [1.54, 1.807) is 10.6 Å². The molecular weight excluding hydrogens is 214 g/mol. The van der Waals surface area contributed by atoms with Crippen LogP contribution in [0.4, 0.5) is 0 Å². The van der Waals surface area contributed by atoms with Crippen molar-refractivity contribution < 1.29 is 4.79 Å². The lowest BCUT2D eigenvalue weighted by molar-refractivity contribution is 0.0856. The van der Waals surface area contributed by atoms with Crippen LogP contribution in [0.1, 0.15) is 49.3 Å². The molecule has 1 heterocycles. The second kappa shape index (κ2) is 4.47. The first-order chi connectivity index (χ1) is 7.70. The number of aromatic nitrogens is 1. The van der Waals surface area contributed by atoms with Crippen molar-refractivity contribution in [2.75, 3.05) is 0 Å². The molecule has 0 amide bonds. The molecule has 0 aliphatic heterocycles. The predicted molar refractivity (Wildman–Crippen MR) is 69.6 cm³/mol. The minimum Gasteiger partial charge on any atom is -0.312 e. The van der Waals surface area contributed by atoms with Crippen molar-refractivity contribution in [2.24, 2.45) is 5.41 Å². The molecule has 17 heavy (non-hydrogen) atoms. The Balaban J connectivity index is 3.55. The van der Waals surface area contributed by atoms with E-state index in [1.165, 1.54) is 0 Å². The van der Waals surface area contributed by atoms with Gasteiger partial charge in [0.05, 0.1) is 0 Å². The molecule has 1 aromatic rings. The standard InChI is InChI=1S/C14H21NO2/c1-7-15-10(3)12(9(2)8-11(15)16)13(17)14(4,5)6/h8H,7H2,1-6H3. The van der Waals surface area contributed by atoms with Crippen LogP contribution < -0.4 is 5.56 Å². The summed E-state index contributed by atoms with van der Waals surface area (Å²) in [5.41, 5.74) is 1.78. The van der Waals surface area contributed by atoms with E-state index < -0.39 is 5.41 Å². The van der Waals surface area contributed by atoms with Crippen molar-refractivity contribution in [3.63, 3.8) is 0 Å². The zero-order chi connectivity index (χ0) is 13.4. The smallest absolute Gasteiger partial charge is 0.251 e. The zero-order valence-corrected chi connectivity index (χ0v) is 11.5. The third kappa shape index (κ3) is 2.48. The topological polar surface area (TPSA) is 39.1 Å². The monoisotopic (exact) mass is 235 g/mol. The van der Waals surface area contributed by atoms with Crippen molar-refractivity contribution in [2.45, 2.75) is 48.1 Å². The Morgan fingerprint density at radius 2 is 1.82 bits per heavy atom. The lowest BCUT2D eigenvalue weighted by atomic mass is 9.84. The average Bonchev–Trinajstić information content (AvgIpc) is 2.15. The number of ketones is 1. The second-order valence-corrected chi connectivity index (χ2v) is 5.45. The maximum atomic E-state index is 12.4. The Labute approximate surface area is 102 Å². The van der Waals surface area contributed by atoms with Gasteiger partial charge in [0.15, 0.2) is 5.78 Å². The van der Waals surface area contributed by atoms with Crippen molar-refractivity contribution in [3.8, 4) is 0 Å². The van der Waals surface area contributed by atoms with E-state index >= 15 is 0 Å². The van der Waals surface area contributed by atoms with Gasteiger partial charge in [0.25, 0.3) is 5.56 Å². The van der Waals surface area contributed by atoms with Gasteiger partial charge in [-0.2, -0.15) is 0 Å². The number of hydrogen-bond acceptors (Lipinski definition) is 2. The molecule has 0 aromatic carbocycles. The molecule has 0 radical (unpaired) electrons. The molecule has 0 saturated heterocycles. The van der Waals surface area contributed by atoms with Gasteiger partial charge in [0, 0.05) is 29.3 Å². The van der Waals surface area contributed by atoms with E-state index in [9.17, 15) is 9.59 Å². The lowest BCUT2D eigenvalue weighted by Gasteiger charge is -2.21. The fourth-order valence-electron chi connectivity index (χ4n) is 2.03. The maximum Gasteiger partial charge on any atom is 0.251 e. The molecule has 1 rings (SSSR count). The van der Waals surface area contributed by atoms with Crippen LogP contribution in [0.25, 0.3) is 0 Å². The largest absolute Gasteiger partial charge is 0.312 e. The molecule has 0 fully saturated rings. The van der Waals surface area contributed by atoms with Crippen LogP contribution in [-0.4, -0.2) is 10.4 Å². The first-order valence-electron chi connectivity index (χ1n) is 5.96. The van der Waals surface area contributed by atoms with Gasteiger partial charge in [-0.1, -0.05) is 20.8 Å². The van der Waals surface area contributed by atoms with Crippen LogP contribution in [-0.2, 0) is 6.54 Å². The summed E-state index contributed by atoms with van der Waals surface area (Å²) in [4.78, 5) is 24.1. The number of carbonyl (C=O) groups excluding carboxylic acids is 1. The van der Waals surface area contributed by atoms with Gasteiger partial charge in [-0.05, 0) is 26.3 Å². The summed E-state index contributed by atoms with van der Waals surface area (Å²) < 4.78 is 1.64. The third-order valence-electron chi connectivity index (χ3n) is 2.99. The highest BCUT2D eigenvalue weighted by Gasteiger charge is 2.27. The summed E-state index contributed by atoms with van der Waals surface area (Å²) in [6.45, 7) is 11.9. The van der Waals surface area contributed by atoms with Crippen LogP contribution in [0, 0.1) is 19.3 Å². The Bertz CT molecular complexity index is 504. The van der Waals surface area contributed by atoms with Gasteiger partial charge in [0.2, 0.25) is 0 Å². The minimum absolute atomic E-state index is 0.0343.